The van der Waals surface area contributed by atoms with Crippen LogP contribution in [0.5, 0.6) is 5.75 Å². The van der Waals surface area contributed by atoms with Crippen LogP contribution in [0.15, 0.2) is 30.4 Å². The van der Waals surface area contributed by atoms with Gasteiger partial charge < -0.3 is 10.1 Å². The molecule has 1 saturated carbocycles. The smallest absolute Gasteiger partial charge is 0.270 e. The summed E-state index contributed by atoms with van der Waals surface area (Å²) in [6.07, 6.45) is 3.22. The lowest BCUT2D eigenvalue weighted by Crippen LogP contribution is -2.16. The number of ether oxygens (including phenoxy) is 1. The van der Waals surface area contributed by atoms with E-state index >= 15 is 0 Å². The molecule has 20 heavy (non-hydrogen) atoms. The van der Waals surface area contributed by atoms with E-state index in [1.165, 1.54) is 18.9 Å². The van der Waals surface area contributed by atoms with Crippen molar-refractivity contribution in [2.45, 2.75) is 38.8 Å². The SMILES string of the molecule is C=C(CC)COc1ccc([N+](=O)[O-])cc1CNC1CC1. The average Bonchev–Trinajstić information content (AvgIpc) is 3.26. The van der Waals surface area contributed by atoms with E-state index in [0.29, 0.717) is 24.9 Å². The molecule has 1 N–H and O–H groups in total. The van der Waals surface area contributed by atoms with Crippen LogP contribution in [0.1, 0.15) is 31.7 Å². The first-order valence-corrected chi connectivity index (χ1v) is 6.90. The van der Waals surface area contributed by atoms with Crippen LogP contribution in [0.4, 0.5) is 5.69 Å². The third-order valence-electron chi connectivity index (χ3n) is 3.35. The summed E-state index contributed by atoms with van der Waals surface area (Å²) in [5.74, 6) is 0.693. The van der Waals surface area contributed by atoms with E-state index in [1.54, 1.807) is 12.1 Å². The molecule has 0 radical (unpaired) electrons. The Morgan fingerprint density at radius 3 is 2.90 bits per heavy atom. The molecule has 1 fully saturated rings. The Hall–Kier alpha value is -1.88. The van der Waals surface area contributed by atoms with Gasteiger partial charge in [0, 0.05) is 30.3 Å². The van der Waals surface area contributed by atoms with Gasteiger partial charge in [-0.1, -0.05) is 13.5 Å². The van der Waals surface area contributed by atoms with Crippen molar-refractivity contribution in [3.63, 3.8) is 0 Å². The Kier molecular flexibility index (Phi) is 4.74. The third-order valence-corrected chi connectivity index (χ3v) is 3.35. The van der Waals surface area contributed by atoms with Crippen molar-refractivity contribution in [3.8, 4) is 5.75 Å². The first-order chi connectivity index (χ1) is 9.60. The van der Waals surface area contributed by atoms with E-state index in [2.05, 4.69) is 11.9 Å². The van der Waals surface area contributed by atoms with Crippen LogP contribution in [0, 0.1) is 10.1 Å². The van der Waals surface area contributed by atoms with E-state index < -0.39 is 0 Å². The van der Waals surface area contributed by atoms with Crippen molar-refractivity contribution < 1.29 is 9.66 Å². The summed E-state index contributed by atoms with van der Waals surface area (Å²) in [5, 5.41) is 14.2. The molecule has 0 unspecified atom stereocenters. The molecule has 0 amide bonds. The van der Waals surface area contributed by atoms with Crippen LogP contribution in [-0.2, 0) is 6.54 Å². The fourth-order valence-electron chi connectivity index (χ4n) is 1.78. The second-order valence-electron chi connectivity index (χ2n) is 5.10. The Bertz CT molecular complexity index is 510. The second kappa shape index (κ2) is 6.52. The molecule has 2 rings (SSSR count). The monoisotopic (exact) mass is 276 g/mol. The summed E-state index contributed by atoms with van der Waals surface area (Å²) in [6, 6.07) is 5.28. The zero-order valence-electron chi connectivity index (χ0n) is 11.7. The van der Waals surface area contributed by atoms with Crippen LogP contribution >= 0.6 is 0 Å². The first kappa shape index (κ1) is 14.5. The van der Waals surface area contributed by atoms with E-state index in [1.807, 2.05) is 6.92 Å². The number of nitrogens with zero attached hydrogens (tertiary/aromatic N) is 1. The molecule has 5 nitrogen and oxygen atoms in total. The van der Waals surface area contributed by atoms with Crippen molar-refractivity contribution >= 4 is 5.69 Å². The molecule has 0 aromatic heterocycles. The molecule has 1 aliphatic carbocycles. The molecule has 1 aliphatic rings. The number of rotatable bonds is 8. The standard InChI is InChI=1S/C15H20N2O3/c1-3-11(2)10-20-15-7-6-14(17(18)19)8-12(15)9-16-13-4-5-13/h6-8,13,16H,2-5,9-10H2,1H3. The van der Waals surface area contributed by atoms with Crippen molar-refractivity contribution in [2.75, 3.05) is 6.61 Å². The molecule has 0 spiro atoms. The van der Waals surface area contributed by atoms with Gasteiger partial charge >= 0.3 is 0 Å². The lowest BCUT2D eigenvalue weighted by Gasteiger charge is -2.12. The van der Waals surface area contributed by atoms with Crippen LogP contribution in [0.2, 0.25) is 0 Å². The minimum absolute atomic E-state index is 0.0965. The lowest BCUT2D eigenvalue weighted by molar-refractivity contribution is -0.384. The maximum atomic E-state index is 10.9. The zero-order valence-corrected chi connectivity index (χ0v) is 11.7. The molecule has 108 valence electrons. The van der Waals surface area contributed by atoms with Crippen LogP contribution < -0.4 is 10.1 Å². The van der Waals surface area contributed by atoms with E-state index in [9.17, 15) is 10.1 Å². The summed E-state index contributed by atoms with van der Waals surface area (Å²) in [4.78, 5) is 10.5. The summed E-state index contributed by atoms with van der Waals surface area (Å²) >= 11 is 0. The first-order valence-electron chi connectivity index (χ1n) is 6.90. The summed E-state index contributed by atoms with van der Waals surface area (Å²) in [7, 11) is 0. The maximum Gasteiger partial charge on any atom is 0.270 e. The van der Waals surface area contributed by atoms with Gasteiger partial charge in [0.1, 0.15) is 12.4 Å². The van der Waals surface area contributed by atoms with Crippen LogP contribution in [0.25, 0.3) is 0 Å². The number of nitro benzene ring substituents is 1. The maximum absolute atomic E-state index is 10.9. The van der Waals surface area contributed by atoms with Crippen molar-refractivity contribution in [1.82, 2.24) is 5.32 Å². The summed E-state index contributed by atoms with van der Waals surface area (Å²) in [5.41, 5.74) is 1.93. The van der Waals surface area contributed by atoms with Gasteiger partial charge in [-0.2, -0.15) is 0 Å². The largest absolute Gasteiger partial charge is 0.489 e. The highest BCUT2D eigenvalue weighted by atomic mass is 16.6. The number of nitrogens with one attached hydrogen (secondary N) is 1. The van der Waals surface area contributed by atoms with Gasteiger partial charge in [0.05, 0.1) is 4.92 Å². The second-order valence-corrected chi connectivity index (χ2v) is 5.10. The van der Waals surface area contributed by atoms with Gasteiger partial charge in [-0.25, -0.2) is 0 Å². The molecule has 0 bridgehead atoms. The number of non-ortho nitro benzene ring substituents is 1. The predicted molar refractivity (Wildman–Crippen MR) is 77.9 cm³/mol. The third kappa shape index (κ3) is 4.06. The summed E-state index contributed by atoms with van der Waals surface area (Å²) < 4.78 is 5.72. The van der Waals surface area contributed by atoms with E-state index in [-0.39, 0.29) is 10.6 Å². The van der Waals surface area contributed by atoms with Crippen LogP contribution in [-0.4, -0.2) is 17.6 Å². The summed E-state index contributed by atoms with van der Waals surface area (Å²) in [6.45, 7) is 6.97. The Balaban J connectivity index is 2.09. The Labute approximate surface area is 118 Å². The highest BCUT2D eigenvalue weighted by molar-refractivity contribution is 5.44. The van der Waals surface area contributed by atoms with Gasteiger partial charge in [-0.05, 0) is 30.9 Å². The fraction of sp³-hybridized carbons (Fsp3) is 0.467. The topological polar surface area (TPSA) is 64.4 Å². The van der Waals surface area contributed by atoms with Gasteiger partial charge in [-0.3, -0.25) is 10.1 Å². The molecule has 0 atom stereocenters. The quantitative estimate of drug-likeness (QED) is 0.450. The molecule has 0 heterocycles. The molecule has 5 heteroatoms. The predicted octanol–water partition coefficient (Wildman–Crippen LogP) is 3.19. The normalized spacial score (nSPS) is 14.1. The fourth-order valence-corrected chi connectivity index (χ4v) is 1.78. The van der Waals surface area contributed by atoms with Crippen LogP contribution in [0.3, 0.4) is 0 Å². The van der Waals surface area contributed by atoms with E-state index in [4.69, 9.17) is 4.74 Å². The zero-order chi connectivity index (χ0) is 14.5. The number of benzene rings is 1. The average molecular weight is 276 g/mol. The molecular weight excluding hydrogens is 256 g/mol. The van der Waals surface area contributed by atoms with Gasteiger partial charge in [-0.15, -0.1) is 0 Å². The molecule has 1 aromatic rings. The van der Waals surface area contributed by atoms with Gasteiger partial charge in [0.25, 0.3) is 5.69 Å². The Morgan fingerprint density at radius 1 is 1.55 bits per heavy atom. The molecule has 0 aliphatic heterocycles. The number of hydrogen-bond acceptors (Lipinski definition) is 4. The Morgan fingerprint density at radius 2 is 2.30 bits per heavy atom. The minimum Gasteiger partial charge on any atom is -0.489 e. The van der Waals surface area contributed by atoms with Crippen molar-refractivity contribution in [1.29, 1.82) is 0 Å². The number of nitro groups is 1. The lowest BCUT2D eigenvalue weighted by atomic mass is 10.1. The van der Waals surface area contributed by atoms with Crippen molar-refractivity contribution in [2.24, 2.45) is 0 Å². The van der Waals surface area contributed by atoms with Gasteiger partial charge in [0.15, 0.2) is 0 Å². The highest BCUT2D eigenvalue weighted by Gasteiger charge is 2.21. The van der Waals surface area contributed by atoms with Crippen molar-refractivity contribution in [3.05, 3.63) is 46.0 Å². The number of hydrogen-bond donors (Lipinski definition) is 1. The highest BCUT2D eigenvalue weighted by Crippen LogP contribution is 2.26. The minimum atomic E-state index is -0.380. The van der Waals surface area contributed by atoms with E-state index in [0.717, 1.165) is 17.6 Å². The van der Waals surface area contributed by atoms with Gasteiger partial charge in [0.2, 0.25) is 0 Å². The molecule has 0 saturated heterocycles. The molecular formula is C15H20N2O3. The molecule has 1 aromatic carbocycles.